The topological polar surface area (TPSA) is 74.3 Å². The van der Waals surface area contributed by atoms with Crippen LogP contribution in [0.25, 0.3) is 10.9 Å². The van der Waals surface area contributed by atoms with E-state index in [1.54, 1.807) is 37.3 Å². The number of rotatable bonds is 3. The standard InChI is InChI=1S/C18H16N2O3/c1-11-12-7-4-6-10-15(12)20(23-2)18(22)16(11)17(21)13-8-3-5-9-14(13)19/h3-10H,19H2,1-2H3. The van der Waals surface area contributed by atoms with Crippen molar-refractivity contribution in [2.75, 3.05) is 12.8 Å². The third-order valence-electron chi connectivity index (χ3n) is 3.92. The first-order chi connectivity index (χ1) is 11.1. The predicted octanol–water partition coefficient (Wildman–Crippen LogP) is 2.18. The van der Waals surface area contributed by atoms with Gasteiger partial charge in [-0.25, -0.2) is 0 Å². The molecule has 0 fully saturated rings. The molecule has 1 aromatic heterocycles. The summed E-state index contributed by atoms with van der Waals surface area (Å²) in [6, 6.07) is 14.0. The number of nitrogen functional groups attached to an aromatic ring is 1. The zero-order valence-electron chi connectivity index (χ0n) is 12.9. The van der Waals surface area contributed by atoms with Crippen molar-refractivity contribution < 1.29 is 9.63 Å². The van der Waals surface area contributed by atoms with Crippen molar-refractivity contribution in [1.82, 2.24) is 4.73 Å². The van der Waals surface area contributed by atoms with Crippen LogP contribution in [-0.4, -0.2) is 17.6 Å². The lowest BCUT2D eigenvalue weighted by Gasteiger charge is -2.14. The van der Waals surface area contributed by atoms with E-state index < -0.39 is 11.3 Å². The SMILES string of the molecule is COn1c(=O)c(C(=O)c2ccccc2N)c(C)c2ccccc21. The number of ketones is 1. The summed E-state index contributed by atoms with van der Waals surface area (Å²) in [5, 5.41) is 0.784. The van der Waals surface area contributed by atoms with Gasteiger partial charge in [0.2, 0.25) is 5.78 Å². The second-order valence-corrected chi connectivity index (χ2v) is 5.22. The minimum atomic E-state index is -0.489. The molecule has 5 nitrogen and oxygen atoms in total. The van der Waals surface area contributed by atoms with Gasteiger partial charge in [-0.05, 0) is 30.7 Å². The molecule has 3 rings (SSSR count). The lowest BCUT2D eigenvalue weighted by Crippen LogP contribution is -2.31. The molecule has 0 saturated heterocycles. The number of hydrogen-bond donors (Lipinski definition) is 1. The summed E-state index contributed by atoms with van der Waals surface area (Å²) in [6.07, 6.45) is 0. The van der Waals surface area contributed by atoms with Crippen LogP contribution in [0.3, 0.4) is 0 Å². The quantitative estimate of drug-likeness (QED) is 0.594. The molecule has 0 amide bonds. The van der Waals surface area contributed by atoms with Crippen LogP contribution in [0.2, 0.25) is 0 Å². The first kappa shape index (κ1) is 14.8. The van der Waals surface area contributed by atoms with E-state index >= 15 is 0 Å². The van der Waals surface area contributed by atoms with Crippen molar-refractivity contribution in [2.45, 2.75) is 6.92 Å². The summed E-state index contributed by atoms with van der Waals surface area (Å²) in [5.41, 5.74) is 7.36. The van der Waals surface area contributed by atoms with E-state index in [4.69, 9.17) is 10.6 Å². The molecule has 5 heteroatoms. The Morgan fingerprint density at radius 2 is 1.74 bits per heavy atom. The van der Waals surface area contributed by atoms with E-state index in [-0.39, 0.29) is 5.56 Å². The number of aromatic nitrogens is 1. The molecule has 0 aliphatic rings. The maximum Gasteiger partial charge on any atom is 0.295 e. The van der Waals surface area contributed by atoms with Gasteiger partial charge in [0.15, 0.2) is 0 Å². The molecular formula is C18H16N2O3. The fourth-order valence-corrected chi connectivity index (χ4v) is 2.76. The lowest BCUT2D eigenvalue weighted by molar-refractivity contribution is 0.103. The van der Waals surface area contributed by atoms with Gasteiger partial charge in [0.25, 0.3) is 5.56 Å². The predicted molar refractivity (Wildman–Crippen MR) is 89.7 cm³/mol. The number of nitrogens with zero attached hydrogens (tertiary/aromatic N) is 1. The Balaban J connectivity index is 2.37. The molecule has 0 saturated carbocycles. The molecular weight excluding hydrogens is 292 g/mol. The fourth-order valence-electron chi connectivity index (χ4n) is 2.76. The highest BCUT2D eigenvalue weighted by molar-refractivity contribution is 6.14. The Morgan fingerprint density at radius 1 is 1.09 bits per heavy atom. The van der Waals surface area contributed by atoms with Crippen LogP contribution in [0, 0.1) is 6.92 Å². The highest BCUT2D eigenvalue weighted by Gasteiger charge is 2.22. The Morgan fingerprint density at radius 3 is 2.43 bits per heavy atom. The maximum atomic E-state index is 12.9. The van der Waals surface area contributed by atoms with Crippen LogP contribution in [0.4, 0.5) is 5.69 Å². The van der Waals surface area contributed by atoms with Crippen molar-refractivity contribution in [1.29, 1.82) is 0 Å². The summed E-state index contributed by atoms with van der Waals surface area (Å²) >= 11 is 0. The molecule has 0 atom stereocenters. The third-order valence-corrected chi connectivity index (χ3v) is 3.92. The summed E-state index contributed by atoms with van der Waals surface area (Å²) < 4.78 is 1.13. The monoisotopic (exact) mass is 308 g/mol. The van der Waals surface area contributed by atoms with Gasteiger partial charge in [-0.15, -0.1) is 4.73 Å². The summed E-state index contributed by atoms with van der Waals surface area (Å²) in [7, 11) is 1.40. The molecule has 0 spiro atoms. The maximum absolute atomic E-state index is 12.9. The van der Waals surface area contributed by atoms with Crippen LogP contribution >= 0.6 is 0 Å². The Hall–Kier alpha value is -3.08. The lowest BCUT2D eigenvalue weighted by atomic mass is 9.96. The number of fused-ring (bicyclic) bond motifs is 1. The van der Waals surface area contributed by atoms with Gasteiger partial charge >= 0.3 is 0 Å². The fraction of sp³-hybridized carbons (Fsp3) is 0.111. The van der Waals surface area contributed by atoms with Gasteiger partial charge in [-0.3, -0.25) is 9.59 Å². The summed E-state index contributed by atoms with van der Waals surface area (Å²) in [5.74, 6) is -0.401. The Kier molecular flexibility index (Phi) is 3.62. The molecule has 2 aromatic carbocycles. The van der Waals surface area contributed by atoms with Gasteiger partial charge in [-0.2, -0.15) is 0 Å². The zero-order chi connectivity index (χ0) is 16.6. The normalized spacial score (nSPS) is 10.7. The summed E-state index contributed by atoms with van der Waals surface area (Å²) in [4.78, 5) is 30.8. The molecule has 1 heterocycles. The van der Waals surface area contributed by atoms with Gasteiger partial charge < -0.3 is 10.6 Å². The van der Waals surface area contributed by atoms with E-state index in [9.17, 15) is 9.59 Å². The molecule has 3 aromatic rings. The average molecular weight is 308 g/mol. The molecule has 0 aliphatic carbocycles. The Bertz CT molecular complexity index is 974. The first-order valence-corrected chi connectivity index (χ1v) is 7.14. The van der Waals surface area contributed by atoms with Gasteiger partial charge in [0, 0.05) is 16.6 Å². The van der Waals surface area contributed by atoms with Gasteiger partial charge in [0.05, 0.1) is 11.1 Å². The second-order valence-electron chi connectivity index (χ2n) is 5.22. The largest absolute Gasteiger partial charge is 0.413 e. The number of para-hydroxylation sites is 2. The van der Waals surface area contributed by atoms with Crippen molar-refractivity contribution in [2.24, 2.45) is 0 Å². The van der Waals surface area contributed by atoms with Crippen LogP contribution < -0.4 is 16.1 Å². The number of carbonyl (C=O) groups excluding carboxylic acids is 1. The zero-order valence-corrected chi connectivity index (χ0v) is 12.9. The van der Waals surface area contributed by atoms with Crippen molar-refractivity contribution in [3.63, 3.8) is 0 Å². The minimum Gasteiger partial charge on any atom is -0.413 e. The Labute approximate surface area is 132 Å². The summed E-state index contributed by atoms with van der Waals surface area (Å²) in [6.45, 7) is 1.76. The van der Waals surface area contributed by atoms with E-state index in [2.05, 4.69) is 0 Å². The number of anilines is 1. The van der Waals surface area contributed by atoms with Crippen molar-refractivity contribution in [3.8, 4) is 0 Å². The van der Waals surface area contributed by atoms with E-state index in [1.807, 2.05) is 18.2 Å². The van der Waals surface area contributed by atoms with Gasteiger partial charge in [-0.1, -0.05) is 30.3 Å². The second kappa shape index (κ2) is 5.61. The van der Waals surface area contributed by atoms with Crippen LogP contribution in [0.5, 0.6) is 0 Å². The van der Waals surface area contributed by atoms with Crippen molar-refractivity contribution in [3.05, 3.63) is 75.6 Å². The van der Waals surface area contributed by atoms with E-state index in [0.29, 0.717) is 22.3 Å². The molecule has 0 unspecified atom stereocenters. The highest BCUT2D eigenvalue weighted by atomic mass is 16.6. The highest BCUT2D eigenvalue weighted by Crippen LogP contribution is 2.22. The minimum absolute atomic E-state index is 0.0726. The van der Waals surface area contributed by atoms with Crippen LogP contribution in [0.1, 0.15) is 21.5 Å². The molecule has 0 radical (unpaired) electrons. The van der Waals surface area contributed by atoms with Gasteiger partial charge in [0.1, 0.15) is 7.11 Å². The van der Waals surface area contributed by atoms with Crippen LogP contribution in [-0.2, 0) is 0 Å². The third kappa shape index (κ3) is 2.26. The first-order valence-electron chi connectivity index (χ1n) is 7.14. The molecule has 23 heavy (non-hydrogen) atoms. The smallest absolute Gasteiger partial charge is 0.295 e. The number of benzene rings is 2. The average Bonchev–Trinajstić information content (AvgIpc) is 2.56. The van der Waals surface area contributed by atoms with Crippen molar-refractivity contribution >= 4 is 22.4 Å². The molecule has 2 N–H and O–H groups in total. The molecule has 0 bridgehead atoms. The number of pyridine rings is 1. The number of nitrogens with two attached hydrogens (primary N) is 1. The van der Waals surface area contributed by atoms with E-state index in [1.165, 1.54) is 7.11 Å². The molecule has 0 aliphatic heterocycles. The number of carbonyl (C=O) groups is 1. The number of aryl methyl sites for hydroxylation is 1. The van der Waals surface area contributed by atoms with Crippen LogP contribution in [0.15, 0.2) is 53.3 Å². The molecule has 116 valence electrons. The van der Waals surface area contributed by atoms with E-state index in [0.717, 1.165) is 10.1 Å². The number of hydrogen-bond acceptors (Lipinski definition) is 4.